The molecule has 0 fully saturated rings. The highest BCUT2D eigenvalue weighted by Gasteiger charge is 2.23. The molecule has 2 unspecified atom stereocenters. The van der Waals surface area contributed by atoms with Crippen molar-refractivity contribution in [2.45, 2.75) is 31.7 Å². The number of hydrogen-bond donors (Lipinski definition) is 2. The lowest BCUT2D eigenvalue weighted by molar-refractivity contribution is 0.116. The minimum absolute atomic E-state index is 0.132. The molecular formula is C11H15NO. The zero-order chi connectivity index (χ0) is 9.26. The fourth-order valence-corrected chi connectivity index (χ4v) is 2.14. The van der Waals surface area contributed by atoms with Crippen molar-refractivity contribution in [3.8, 4) is 0 Å². The molecule has 70 valence electrons. The first-order valence-electron chi connectivity index (χ1n) is 4.81. The summed E-state index contributed by atoms with van der Waals surface area (Å²) in [6.07, 6.45) is 2.17. The third-order valence-electron chi connectivity index (χ3n) is 2.95. The number of benzene rings is 1. The molecule has 13 heavy (non-hydrogen) atoms. The van der Waals surface area contributed by atoms with Crippen LogP contribution in [0.5, 0.6) is 0 Å². The van der Waals surface area contributed by atoms with E-state index < -0.39 is 0 Å². The number of hydrogen-bond acceptors (Lipinski definition) is 2. The van der Waals surface area contributed by atoms with Gasteiger partial charge in [-0.05, 0) is 29.9 Å². The molecule has 0 radical (unpaired) electrons. The molecule has 2 atom stereocenters. The van der Waals surface area contributed by atoms with E-state index in [2.05, 4.69) is 30.6 Å². The predicted octanol–water partition coefficient (Wildman–Crippen LogP) is 2.60. The molecule has 1 aromatic carbocycles. The summed E-state index contributed by atoms with van der Waals surface area (Å²) in [6, 6.07) is 8.48. The van der Waals surface area contributed by atoms with Gasteiger partial charge in [0.25, 0.3) is 0 Å². The van der Waals surface area contributed by atoms with Crippen LogP contribution in [0.2, 0.25) is 0 Å². The number of fused-ring (bicyclic) bond motifs is 1. The lowest BCUT2D eigenvalue weighted by Crippen LogP contribution is -2.23. The molecule has 0 heterocycles. The van der Waals surface area contributed by atoms with Crippen molar-refractivity contribution in [3.63, 3.8) is 0 Å². The lowest BCUT2D eigenvalue weighted by atomic mass is 9.81. The first-order chi connectivity index (χ1) is 6.33. The summed E-state index contributed by atoms with van der Waals surface area (Å²) in [5.74, 6) is 0.626. The van der Waals surface area contributed by atoms with Crippen LogP contribution < -0.4 is 5.48 Å². The highest BCUT2D eigenvalue weighted by atomic mass is 16.5. The van der Waals surface area contributed by atoms with E-state index in [9.17, 15) is 0 Å². The van der Waals surface area contributed by atoms with Crippen LogP contribution in [0, 0.1) is 0 Å². The minimum Gasteiger partial charge on any atom is -0.316 e. The van der Waals surface area contributed by atoms with Crippen molar-refractivity contribution >= 4 is 0 Å². The van der Waals surface area contributed by atoms with E-state index in [0.717, 1.165) is 12.8 Å². The van der Waals surface area contributed by atoms with Crippen LogP contribution in [0.1, 0.15) is 42.9 Å². The van der Waals surface area contributed by atoms with E-state index in [1.54, 1.807) is 0 Å². The molecule has 0 saturated heterocycles. The maximum Gasteiger partial charge on any atom is 0.0571 e. The molecule has 2 heteroatoms. The summed E-state index contributed by atoms with van der Waals surface area (Å²) in [5, 5.41) is 8.97. The van der Waals surface area contributed by atoms with Crippen molar-refractivity contribution < 1.29 is 5.21 Å². The van der Waals surface area contributed by atoms with Gasteiger partial charge in [-0.25, -0.2) is 0 Å². The molecule has 0 bridgehead atoms. The minimum atomic E-state index is 0.132. The van der Waals surface area contributed by atoms with Crippen LogP contribution in [0.3, 0.4) is 0 Å². The standard InChI is InChI=1S/C11H15NO/c1-8-6-7-11(12-13)10-5-3-2-4-9(8)10/h2-5,8,11-13H,6-7H2,1H3. The number of nitrogens with one attached hydrogen (secondary N) is 1. The Morgan fingerprint density at radius 3 is 2.62 bits per heavy atom. The van der Waals surface area contributed by atoms with E-state index in [1.165, 1.54) is 11.1 Å². The maximum atomic E-state index is 8.97. The van der Waals surface area contributed by atoms with Gasteiger partial charge >= 0.3 is 0 Å². The van der Waals surface area contributed by atoms with Crippen molar-refractivity contribution in [2.24, 2.45) is 0 Å². The summed E-state index contributed by atoms with van der Waals surface area (Å²) in [4.78, 5) is 0. The van der Waals surface area contributed by atoms with Crippen LogP contribution in [0.25, 0.3) is 0 Å². The van der Waals surface area contributed by atoms with Crippen molar-refractivity contribution in [3.05, 3.63) is 35.4 Å². The normalized spacial score (nSPS) is 26.9. The maximum absolute atomic E-state index is 8.97. The van der Waals surface area contributed by atoms with E-state index in [-0.39, 0.29) is 6.04 Å². The SMILES string of the molecule is CC1CCC(NO)c2ccccc21. The summed E-state index contributed by atoms with van der Waals surface area (Å²) in [5.41, 5.74) is 5.01. The van der Waals surface area contributed by atoms with Crippen molar-refractivity contribution in [1.29, 1.82) is 0 Å². The average Bonchev–Trinajstić information content (AvgIpc) is 2.19. The Morgan fingerprint density at radius 2 is 1.92 bits per heavy atom. The molecule has 0 saturated carbocycles. The molecule has 1 aliphatic carbocycles. The predicted molar refractivity (Wildman–Crippen MR) is 51.8 cm³/mol. The lowest BCUT2D eigenvalue weighted by Gasteiger charge is -2.28. The average molecular weight is 177 g/mol. The molecule has 0 amide bonds. The van der Waals surface area contributed by atoms with Gasteiger partial charge in [0, 0.05) is 0 Å². The third-order valence-corrected chi connectivity index (χ3v) is 2.95. The Hall–Kier alpha value is -0.860. The van der Waals surface area contributed by atoms with Gasteiger partial charge in [0.15, 0.2) is 0 Å². The zero-order valence-electron chi connectivity index (χ0n) is 7.83. The number of rotatable bonds is 1. The Bertz CT molecular complexity index is 298. The second-order valence-corrected chi connectivity index (χ2v) is 3.79. The molecule has 0 aliphatic heterocycles. The van der Waals surface area contributed by atoms with E-state index >= 15 is 0 Å². The topological polar surface area (TPSA) is 32.3 Å². The van der Waals surface area contributed by atoms with E-state index in [1.807, 2.05) is 6.07 Å². The Balaban J connectivity index is 2.42. The van der Waals surface area contributed by atoms with E-state index in [0.29, 0.717) is 5.92 Å². The van der Waals surface area contributed by atoms with E-state index in [4.69, 9.17) is 5.21 Å². The summed E-state index contributed by atoms with van der Waals surface area (Å²) in [6.45, 7) is 2.24. The second-order valence-electron chi connectivity index (χ2n) is 3.79. The van der Waals surface area contributed by atoms with Gasteiger partial charge < -0.3 is 5.21 Å². The molecule has 1 aromatic rings. The molecule has 0 aromatic heterocycles. The fourth-order valence-electron chi connectivity index (χ4n) is 2.14. The fraction of sp³-hybridized carbons (Fsp3) is 0.455. The summed E-state index contributed by atoms with van der Waals surface area (Å²) < 4.78 is 0. The van der Waals surface area contributed by atoms with Crippen LogP contribution in [-0.4, -0.2) is 5.21 Å². The van der Waals surface area contributed by atoms with Gasteiger partial charge in [-0.2, -0.15) is 5.48 Å². The quantitative estimate of drug-likeness (QED) is 0.646. The molecule has 2 rings (SSSR count). The van der Waals surface area contributed by atoms with Gasteiger partial charge in [0.1, 0.15) is 0 Å². The van der Waals surface area contributed by atoms with Crippen LogP contribution in [0.15, 0.2) is 24.3 Å². The highest BCUT2D eigenvalue weighted by Crippen LogP contribution is 2.36. The monoisotopic (exact) mass is 177 g/mol. The summed E-state index contributed by atoms with van der Waals surface area (Å²) in [7, 11) is 0. The van der Waals surface area contributed by atoms with Crippen LogP contribution in [-0.2, 0) is 0 Å². The highest BCUT2D eigenvalue weighted by molar-refractivity contribution is 5.34. The van der Waals surface area contributed by atoms with Crippen LogP contribution in [0.4, 0.5) is 0 Å². The smallest absolute Gasteiger partial charge is 0.0571 e. The van der Waals surface area contributed by atoms with Gasteiger partial charge in [-0.3, -0.25) is 0 Å². The number of hydroxylamine groups is 1. The largest absolute Gasteiger partial charge is 0.316 e. The van der Waals surface area contributed by atoms with Crippen molar-refractivity contribution in [2.75, 3.05) is 0 Å². The second kappa shape index (κ2) is 3.48. The van der Waals surface area contributed by atoms with Gasteiger partial charge in [-0.15, -0.1) is 0 Å². The molecule has 2 N–H and O–H groups in total. The first kappa shape index (κ1) is 8.73. The Morgan fingerprint density at radius 1 is 1.23 bits per heavy atom. The molecular weight excluding hydrogens is 162 g/mol. The molecule has 1 aliphatic rings. The zero-order valence-corrected chi connectivity index (χ0v) is 7.83. The first-order valence-corrected chi connectivity index (χ1v) is 4.81. The van der Waals surface area contributed by atoms with Gasteiger partial charge in [0.2, 0.25) is 0 Å². The Kier molecular flexibility index (Phi) is 2.34. The Labute approximate surface area is 78.5 Å². The molecule has 0 spiro atoms. The van der Waals surface area contributed by atoms with Gasteiger partial charge in [-0.1, -0.05) is 31.2 Å². The van der Waals surface area contributed by atoms with Gasteiger partial charge in [0.05, 0.1) is 6.04 Å². The van der Waals surface area contributed by atoms with Crippen molar-refractivity contribution in [1.82, 2.24) is 5.48 Å². The van der Waals surface area contributed by atoms with Crippen LogP contribution >= 0.6 is 0 Å². The third kappa shape index (κ3) is 1.47. The molecule has 2 nitrogen and oxygen atoms in total. The summed E-state index contributed by atoms with van der Waals surface area (Å²) >= 11 is 0.